The van der Waals surface area contributed by atoms with Gasteiger partial charge >= 0.3 is 0 Å². The van der Waals surface area contributed by atoms with Crippen LogP contribution in [0, 0.1) is 11.3 Å². The summed E-state index contributed by atoms with van der Waals surface area (Å²) in [6, 6.07) is 43.4. The monoisotopic (exact) mass is 551 g/mol. The summed E-state index contributed by atoms with van der Waals surface area (Å²) in [7, 11) is 0. The van der Waals surface area contributed by atoms with Gasteiger partial charge in [0.25, 0.3) is 0 Å². The van der Waals surface area contributed by atoms with Crippen LogP contribution in [-0.4, -0.2) is 19.9 Å². The molecule has 8 aromatic rings. The lowest BCUT2D eigenvalue weighted by Crippen LogP contribution is -2.01. The molecule has 0 aliphatic rings. The molecule has 200 valence electrons. The summed E-state index contributed by atoms with van der Waals surface area (Å²) in [6.45, 7) is 0. The Morgan fingerprint density at radius 3 is 2.00 bits per heavy atom. The second-order valence-electron chi connectivity index (χ2n) is 10.2. The topological polar surface area (TPSA) is 88.5 Å². The fourth-order valence-corrected chi connectivity index (χ4v) is 5.49. The van der Waals surface area contributed by atoms with Gasteiger partial charge in [0.1, 0.15) is 16.9 Å². The number of furan rings is 1. The van der Waals surface area contributed by atoms with E-state index in [0.29, 0.717) is 28.5 Å². The molecule has 0 saturated heterocycles. The number of hydrogen-bond donors (Lipinski definition) is 0. The SMILES string of the molecule is N#Cc1ccc(-c2nc3ccccc3nc2-c2cc(-c3ccccc3)nc(-c3cccc4oc5ccccc5c34)n2)cc1. The quantitative estimate of drug-likeness (QED) is 0.217. The number of benzene rings is 5. The summed E-state index contributed by atoms with van der Waals surface area (Å²) in [5.41, 5.74) is 9.11. The van der Waals surface area contributed by atoms with Gasteiger partial charge in [0.15, 0.2) is 5.82 Å². The minimum Gasteiger partial charge on any atom is -0.456 e. The van der Waals surface area contributed by atoms with Crippen LogP contribution in [-0.2, 0) is 0 Å². The molecule has 6 heteroatoms. The van der Waals surface area contributed by atoms with Gasteiger partial charge in [-0.05, 0) is 42.5 Å². The molecule has 0 fully saturated rings. The lowest BCUT2D eigenvalue weighted by molar-refractivity contribution is 0.669. The van der Waals surface area contributed by atoms with E-state index in [1.165, 1.54) is 0 Å². The Labute approximate surface area is 246 Å². The van der Waals surface area contributed by atoms with Crippen molar-refractivity contribution in [1.29, 1.82) is 5.26 Å². The number of aromatic nitrogens is 4. The Kier molecular flexibility index (Phi) is 5.73. The second kappa shape index (κ2) is 10.0. The highest BCUT2D eigenvalue weighted by molar-refractivity contribution is 6.11. The van der Waals surface area contributed by atoms with Gasteiger partial charge in [-0.1, -0.05) is 84.9 Å². The Morgan fingerprint density at radius 2 is 1.21 bits per heavy atom. The van der Waals surface area contributed by atoms with Crippen molar-refractivity contribution < 1.29 is 4.42 Å². The zero-order valence-electron chi connectivity index (χ0n) is 22.8. The molecular formula is C37H21N5O. The minimum atomic E-state index is 0.564. The predicted octanol–water partition coefficient (Wildman–Crippen LogP) is 8.86. The van der Waals surface area contributed by atoms with E-state index in [0.717, 1.165) is 55.4 Å². The van der Waals surface area contributed by atoms with E-state index in [9.17, 15) is 5.26 Å². The van der Waals surface area contributed by atoms with Crippen molar-refractivity contribution in [3.8, 4) is 51.4 Å². The molecule has 0 spiro atoms. The minimum absolute atomic E-state index is 0.564. The van der Waals surface area contributed by atoms with Gasteiger partial charge in [0.05, 0.1) is 39.7 Å². The zero-order chi connectivity index (χ0) is 28.8. The lowest BCUT2D eigenvalue weighted by atomic mass is 10.0. The molecule has 0 atom stereocenters. The van der Waals surface area contributed by atoms with Crippen LogP contribution in [0.15, 0.2) is 132 Å². The highest BCUT2D eigenvalue weighted by Gasteiger charge is 2.20. The first-order valence-corrected chi connectivity index (χ1v) is 13.9. The van der Waals surface area contributed by atoms with Crippen molar-refractivity contribution in [3.63, 3.8) is 0 Å². The van der Waals surface area contributed by atoms with Crippen LogP contribution < -0.4 is 0 Å². The smallest absolute Gasteiger partial charge is 0.161 e. The van der Waals surface area contributed by atoms with Crippen LogP contribution in [0.4, 0.5) is 0 Å². The summed E-state index contributed by atoms with van der Waals surface area (Å²) in [5, 5.41) is 11.3. The zero-order valence-corrected chi connectivity index (χ0v) is 22.8. The van der Waals surface area contributed by atoms with Crippen molar-refractivity contribution >= 4 is 33.0 Å². The van der Waals surface area contributed by atoms with Gasteiger partial charge in [-0.3, -0.25) is 0 Å². The maximum absolute atomic E-state index is 9.37. The van der Waals surface area contributed by atoms with Gasteiger partial charge < -0.3 is 4.42 Å². The molecule has 0 amide bonds. The average Bonchev–Trinajstić information content (AvgIpc) is 3.47. The molecule has 43 heavy (non-hydrogen) atoms. The van der Waals surface area contributed by atoms with E-state index in [4.69, 9.17) is 24.4 Å². The first-order chi connectivity index (χ1) is 21.2. The van der Waals surface area contributed by atoms with Crippen LogP contribution in [0.25, 0.3) is 78.3 Å². The fourth-order valence-electron chi connectivity index (χ4n) is 5.49. The molecule has 0 aliphatic heterocycles. The van der Waals surface area contributed by atoms with E-state index in [2.05, 4.69) is 12.1 Å². The molecule has 8 rings (SSSR count). The van der Waals surface area contributed by atoms with Crippen LogP contribution >= 0.6 is 0 Å². The molecule has 0 aliphatic carbocycles. The number of nitrogens with zero attached hydrogens (tertiary/aromatic N) is 5. The van der Waals surface area contributed by atoms with Crippen molar-refractivity contribution in [3.05, 3.63) is 133 Å². The highest BCUT2D eigenvalue weighted by Crippen LogP contribution is 2.38. The van der Waals surface area contributed by atoms with E-state index >= 15 is 0 Å². The highest BCUT2D eigenvalue weighted by atomic mass is 16.3. The standard InChI is InChI=1S/C37H21N5O/c38-22-23-17-19-25(20-18-23)35-36(40-29-14-6-5-13-28(29)39-35)31-21-30(24-9-2-1-3-10-24)41-37(42-31)27-12-8-16-33-34(27)26-11-4-7-15-32(26)43-33/h1-21H. The number of para-hydroxylation sites is 3. The number of hydrogen-bond acceptors (Lipinski definition) is 6. The molecule has 3 aromatic heterocycles. The molecule has 5 aromatic carbocycles. The Morgan fingerprint density at radius 1 is 0.535 bits per heavy atom. The maximum Gasteiger partial charge on any atom is 0.161 e. The summed E-state index contributed by atoms with van der Waals surface area (Å²) in [4.78, 5) is 20.4. The molecule has 6 nitrogen and oxygen atoms in total. The van der Waals surface area contributed by atoms with E-state index in [1.54, 1.807) is 12.1 Å². The Balaban J connectivity index is 1.43. The molecular weight excluding hydrogens is 530 g/mol. The van der Waals surface area contributed by atoms with Crippen molar-refractivity contribution in [2.45, 2.75) is 0 Å². The Bertz CT molecular complexity index is 2350. The van der Waals surface area contributed by atoms with Gasteiger partial charge in [0.2, 0.25) is 0 Å². The van der Waals surface area contributed by atoms with Gasteiger partial charge in [0, 0.05) is 27.5 Å². The van der Waals surface area contributed by atoms with Crippen molar-refractivity contribution in [1.82, 2.24) is 19.9 Å². The number of fused-ring (bicyclic) bond motifs is 4. The van der Waals surface area contributed by atoms with Crippen molar-refractivity contribution in [2.75, 3.05) is 0 Å². The summed E-state index contributed by atoms with van der Waals surface area (Å²) >= 11 is 0. The van der Waals surface area contributed by atoms with Crippen LogP contribution in [0.1, 0.15) is 5.56 Å². The third kappa shape index (κ3) is 4.28. The molecule has 0 unspecified atom stereocenters. The summed E-state index contributed by atoms with van der Waals surface area (Å²) < 4.78 is 6.19. The Hall–Kier alpha value is -6.19. The lowest BCUT2D eigenvalue weighted by Gasteiger charge is -2.13. The third-order valence-electron chi connectivity index (χ3n) is 7.54. The van der Waals surface area contributed by atoms with Gasteiger partial charge in [-0.2, -0.15) is 5.26 Å². The third-order valence-corrected chi connectivity index (χ3v) is 7.54. The number of rotatable bonds is 4. The van der Waals surface area contributed by atoms with E-state index in [1.807, 2.05) is 109 Å². The molecule has 0 bridgehead atoms. The second-order valence-corrected chi connectivity index (χ2v) is 10.2. The van der Waals surface area contributed by atoms with Gasteiger partial charge in [-0.15, -0.1) is 0 Å². The molecule has 3 heterocycles. The average molecular weight is 552 g/mol. The summed E-state index contributed by atoms with van der Waals surface area (Å²) in [5.74, 6) is 0.564. The molecule has 0 radical (unpaired) electrons. The normalized spacial score (nSPS) is 11.2. The molecule has 0 N–H and O–H groups in total. The first-order valence-electron chi connectivity index (χ1n) is 13.9. The summed E-state index contributed by atoms with van der Waals surface area (Å²) in [6.07, 6.45) is 0. The van der Waals surface area contributed by atoms with Crippen LogP contribution in [0.5, 0.6) is 0 Å². The van der Waals surface area contributed by atoms with E-state index in [-0.39, 0.29) is 0 Å². The van der Waals surface area contributed by atoms with E-state index < -0.39 is 0 Å². The maximum atomic E-state index is 9.37. The van der Waals surface area contributed by atoms with Crippen molar-refractivity contribution in [2.24, 2.45) is 0 Å². The first kappa shape index (κ1) is 24.6. The largest absolute Gasteiger partial charge is 0.456 e. The fraction of sp³-hybridized carbons (Fsp3) is 0. The number of nitriles is 1. The van der Waals surface area contributed by atoms with Crippen LogP contribution in [0.3, 0.4) is 0 Å². The predicted molar refractivity (Wildman–Crippen MR) is 169 cm³/mol. The van der Waals surface area contributed by atoms with Gasteiger partial charge in [-0.25, -0.2) is 19.9 Å². The van der Waals surface area contributed by atoms with Crippen LogP contribution in [0.2, 0.25) is 0 Å². The molecule has 0 saturated carbocycles.